The van der Waals surface area contributed by atoms with Gasteiger partial charge in [0.05, 0.1) is 11.9 Å². The van der Waals surface area contributed by atoms with Crippen LogP contribution < -0.4 is 9.62 Å². The Balaban J connectivity index is 2.13. The van der Waals surface area contributed by atoms with Gasteiger partial charge in [-0.1, -0.05) is 43.9 Å². The van der Waals surface area contributed by atoms with Gasteiger partial charge in [0, 0.05) is 6.04 Å². The average molecular weight is 338 g/mol. The maximum atomic E-state index is 12.6. The van der Waals surface area contributed by atoms with Crippen LogP contribution in [0, 0.1) is 0 Å². The highest BCUT2D eigenvalue weighted by molar-refractivity contribution is 7.92. The molecule has 1 aromatic rings. The molecule has 1 amide bonds. The number of hydrogen-bond donors (Lipinski definition) is 1. The predicted molar refractivity (Wildman–Crippen MR) is 92.9 cm³/mol. The summed E-state index contributed by atoms with van der Waals surface area (Å²) < 4.78 is 25.5. The lowest BCUT2D eigenvalue weighted by molar-refractivity contribution is -0.122. The summed E-state index contributed by atoms with van der Waals surface area (Å²) in [6.07, 6.45) is 7.74. The molecule has 0 spiro atoms. The third-order valence-electron chi connectivity index (χ3n) is 4.30. The maximum Gasteiger partial charge on any atom is 0.243 e. The zero-order valence-corrected chi connectivity index (χ0v) is 14.7. The van der Waals surface area contributed by atoms with E-state index in [-0.39, 0.29) is 11.9 Å². The first-order chi connectivity index (χ1) is 10.9. The fourth-order valence-electron chi connectivity index (χ4n) is 3.13. The van der Waals surface area contributed by atoms with Crippen LogP contribution in [0.5, 0.6) is 0 Å². The summed E-state index contributed by atoms with van der Waals surface area (Å²) in [7, 11) is -3.54. The number of nitrogens with one attached hydrogen (secondary N) is 1. The molecule has 0 heterocycles. The third-order valence-corrected chi connectivity index (χ3v) is 5.54. The highest BCUT2D eigenvalue weighted by Crippen LogP contribution is 2.21. The normalized spacial score (nSPS) is 18.0. The molecule has 0 bridgehead atoms. The summed E-state index contributed by atoms with van der Waals surface area (Å²) in [5, 5.41) is 3.04. The van der Waals surface area contributed by atoms with Crippen LogP contribution in [0.3, 0.4) is 0 Å². The molecule has 0 unspecified atom stereocenters. The van der Waals surface area contributed by atoms with E-state index in [1.54, 1.807) is 31.2 Å². The molecule has 0 radical (unpaired) electrons. The Morgan fingerprint density at radius 3 is 2.22 bits per heavy atom. The maximum absolute atomic E-state index is 12.6. The second-order valence-corrected chi connectivity index (χ2v) is 8.13. The van der Waals surface area contributed by atoms with Crippen LogP contribution in [0.4, 0.5) is 5.69 Å². The summed E-state index contributed by atoms with van der Waals surface area (Å²) in [4.78, 5) is 12.6. The SMILES string of the molecule is C[C@@H](C(=O)NC1CCCCCC1)N(c1ccccc1)S(C)(=O)=O. The number of sulfonamides is 1. The van der Waals surface area contributed by atoms with Gasteiger partial charge in [-0.05, 0) is 31.9 Å². The van der Waals surface area contributed by atoms with Gasteiger partial charge in [-0.3, -0.25) is 9.10 Å². The number of nitrogens with zero attached hydrogens (tertiary/aromatic N) is 1. The Bertz CT molecular complexity index is 608. The Labute approximate surface area is 139 Å². The molecule has 128 valence electrons. The van der Waals surface area contributed by atoms with Gasteiger partial charge in [0.1, 0.15) is 6.04 Å². The second-order valence-electron chi connectivity index (χ2n) is 6.27. The molecule has 0 aromatic heterocycles. The second kappa shape index (κ2) is 7.81. The molecule has 2 rings (SSSR count). The first-order valence-corrected chi connectivity index (χ1v) is 10.1. The Morgan fingerprint density at radius 1 is 1.13 bits per heavy atom. The minimum atomic E-state index is -3.54. The van der Waals surface area contributed by atoms with E-state index in [9.17, 15) is 13.2 Å². The number of hydrogen-bond acceptors (Lipinski definition) is 3. The molecule has 6 heteroatoms. The van der Waals surface area contributed by atoms with E-state index in [2.05, 4.69) is 5.32 Å². The monoisotopic (exact) mass is 338 g/mol. The molecule has 1 N–H and O–H groups in total. The summed E-state index contributed by atoms with van der Waals surface area (Å²) >= 11 is 0. The summed E-state index contributed by atoms with van der Waals surface area (Å²) in [5.74, 6) is -0.230. The van der Waals surface area contributed by atoms with Crippen molar-refractivity contribution >= 4 is 21.6 Å². The minimum absolute atomic E-state index is 0.157. The summed E-state index contributed by atoms with van der Waals surface area (Å²) in [6.45, 7) is 1.64. The van der Waals surface area contributed by atoms with Crippen LogP contribution >= 0.6 is 0 Å². The van der Waals surface area contributed by atoms with Crippen molar-refractivity contribution in [1.82, 2.24) is 5.32 Å². The Kier molecular flexibility index (Phi) is 6.04. The van der Waals surface area contributed by atoms with Crippen molar-refractivity contribution in [1.29, 1.82) is 0 Å². The fraction of sp³-hybridized carbons (Fsp3) is 0.588. The number of rotatable bonds is 5. The van der Waals surface area contributed by atoms with Gasteiger partial charge in [-0.25, -0.2) is 8.42 Å². The first kappa shape index (κ1) is 17.8. The quantitative estimate of drug-likeness (QED) is 0.840. The zero-order valence-electron chi connectivity index (χ0n) is 13.9. The van der Waals surface area contributed by atoms with E-state index < -0.39 is 16.1 Å². The van der Waals surface area contributed by atoms with Crippen LogP contribution in [0.15, 0.2) is 30.3 Å². The van der Waals surface area contributed by atoms with Gasteiger partial charge >= 0.3 is 0 Å². The average Bonchev–Trinajstić information content (AvgIpc) is 2.75. The summed E-state index contributed by atoms with van der Waals surface area (Å²) in [5.41, 5.74) is 0.513. The molecule has 1 aliphatic carbocycles. The van der Waals surface area contributed by atoms with Crippen molar-refractivity contribution in [3.63, 3.8) is 0 Å². The zero-order chi connectivity index (χ0) is 16.9. The van der Waals surface area contributed by atoms with Gasteiger partial charge in [-0.15, -0.1) is 0 Å². The van der Waals surface area contributed by atoms with Crippen LogP contribution in [0.1, 0.15) is 45.4 Å². The molecular weight excluding hydrogens is 312 g/mol. The van der Waals surface area contributed by atoms with E-state index >= 15 is 0 Å². The highest BCUT2D eigenvalue weighted by Gasteiger charge is 2.30. The van der Waals surface area contributed by atoms with Gasteiger partial charge in [0.15, 0.2) is 0 Å². The van der Waals surface area contributed by atoms with E-state index in [0.29, 0.717) is 5.69 Å². The predicted octanol–water partition coefficient (Wildman–Crippen LogP) is 2.68. The number of anilines is 1. The van der Waals surface area contributed by atoms with Crippen LogP contribution in [0.25, 0.3) is 0 Å². The standard InChI is InChI=1S/C17H26N2O3S/c1-14(17(20)18-15-10-6-3-4-7-11-15)19(23(2,21)22)16-12-8-5-9-13-16/h5,8-9,12-15H,3-4,6-7,10-11H2,1-2H3,(H,18,20)/t14-/m0/s1. The van der Waals surface area contributed by atoms with Gasteiger partial charge < -0.3 is 5.32 Å². The van der Waals surface area contributed by atoms with Crippen molar-refractivity contribution in [2.75, 3.05) is 10.6 Å². The van der Waals surface area contributed by atoms with Crippen molar-refractivity contribution < 1.29 is 13.2 Å². The molecule has 1 atom stereocenters. The molecule has 1 saturated carbocycles. The topological polar surface area (TPSA) is 66.5 Å². The molecular formula is C17H26N2O3S. The lowest BCUT2D eigenvalue weighted by atomic mass is 10.1. The molecule has 0 aliphatic heterocycles. The lowest BCUT2D eigenvalue weighted by Crippen LogP contribution is -2.50. The number of para-hydroxylation sites is 1. The van der Waals surface area contributed by atoms with E-state index in [1.807, 2.05) is 6.07 Å². The fourth-order valence-corrected chi connectivity index (χ4v) is 4.30. The largest absolute Gasteiger partial charge is 0.352 e. The van der Waals surface area contributed by atoms with Crippen molar-refractivity contribution in [3.8, 4) is 0 Å². The van der Waals surface area contributed by atoms with Crippen LogP contribution in [-0.2, 0) is 14.8 Å². The Hall–Kier alpha value is -1.56. The number of carbonyl (C=O) groups excluding carboxylic acids is 1. The van der Waals surface area contributed by atoms with E-state index in [4.69, 9.17) is 0 Å². The van der Waals surface area contributed by atoms with Crippen molar-refractivity contribution in [3.05, 3.63) is 30.3 Å². The van der Waals surface area contributed by atoms with Crippen molar-refractivity contribution in [2.45, 2.75) is 57.5 Å². The van der Waals surface area contributed by atoms with Crippen LogP contribution in [-0.4, -0.2) is 32.7 Å². The molecule has 5 nitrogen and oxygen atoms in total. The smallest absolute Gasteiger partial charge is 0.243 e. The minimum Gasteiger partial charge on any atom is -0.352 e. The Morgan fingerprint density at radius 2 is 1.70 bits per heavy atom. The summed E-state index contributed by atoms with van der Waals surface area (Å²) in [6, 6.07) is 8.15. The highest BCUT2D eigenvalue weighted by atomic mass is 32.2. The lowest BCUT2D eigenvalue weighted by Gasteiger charge is -2.29. The molecule has 1 aliphatic rings. The molecule has 1 fully saturated rings. The van der Waals surface area contributed by atoms with E-state index in [0.717, 1.165) is 31.9 Å². The number of carbonyl (C=O) groups is 1. The third kappa shape index (κ3) is 4.96. The van der Waals surface area contributed by atoms with Crippen LogP contribution in [0.2, 0.25) is 0 Å². The number of amides is 1. The first-order valence-electron chi connectivity index (χ1n) is 8.24. The molecule has 23 heavy (non-hydrogen) atoms. The van der Waals surface area contributed by atoms with Gasteiger partial charge in [0.2, 0.25) is 15.9 Å². The number of benzene rings is 1. The molecule has 0 saturated heterocycles. The van der Waals surface area contributed by atoms with Crippen molar-refractivity contribution in [2.24, 2.45) is 0 Å². The molecule has 1 aromatic carbocycles. The van der Waals surface area contributed by atoms with E-state index in [1.165, 1.54) is 17.1 Å². The van der Waals surface area contributed by atoms with Gasteiger partial charge in [0.25, 0.3) is 0 Å². The van der Waals surface area contributed by atoms with Gasteiger partial charge in [-0.2, -0.15) is 0 Å².